The molecule has 0 bridgehead atoms. The second-order valence-corrected chi connectivity index (χ2v) is 9.46. The summed E-state index contributed by atoms with van der Waals surface area (Å²) in [6.45, 7) is 2.12. The second kappa shape index (κ2) is 13.0. The van der Waals surface area contributed by atoms with Gasteiger partial charge >= 0.3 is 5.97 Å². The summed E-state index contributed by atoms with van der Waals surface area (Å²) in [5.41, 5.74) is 2.89. The fourth-order valence-corrected chi connectivity index (χ4v) is 4.50. The number of esters is 1. The van der Waals surface area contributed by atoms with E-state index < -0.39 is 10.9 Å². The molecule has 0 radical (unpaired) electrons. The van der Waals surface area contributed by atoms with Crippen molar-refractivity contribution in [2.45, 2.75) is 19.9 Å². The number of carbonyl (C=O) groups excluding carboxylic acids is 2. The number of nitrogens with zero attached hydrogens (tertiary/aromatic N) is 4. The summed E-state index contributed by atoms with van der Waals surface area (Å²) >= 11 is 6.60. The topological polar surface area (TPSA) is 114 Å². The zero-order valence-corrected chi connectivity index (χ0v) is 22.4. The minimum Gasteiger partial charge on any atom is -0.458 e. The number of carbonyl (C=O) groups is 2. The molecule has 0 aromatic heterocycles. The molecule has 9 nitrogen and oxygen atoms in total. The lowest BCUT2D eigenvalue weighted by Gasteiger charge is -2.25. The van der Waals surface area contributed by atoms with Gasteiger partial charge < -0.3 is 9.64 Å². The lowest BCUT2D eigenvalue weighted by molar-refractivity contribution is -0.385. The molecule has 3 rings (SSSR count). The molecule has 0 unspecified atom stereocenters. The predicted molar refractivity (Wildman–Crippen MR) is 143 cm³/mol. The number of Topliss-reactive ketones (excluding diaryl/α,β-unsaturated/α-hetero) is 1. The van der Waals surface area contributed by atoms with Gasteiger partial charge in [0.05, 0.1) is 26.0 Å². The molecular formula is C25H22Br2N4O5. The Morgan fingerprint density at radius 2 is 1.64 bits per heavy atom. The van der Waals surface area contributed by atoms with Gasteiger partial charge in [0.2, 0.25) is 0 Å². The Bertz CT molecular complexity index is 1240. The van der Waals surface area contributed by atoms with Crippen LogP contribution in [0.1, 0.15) is 18.9 Å². The fraction of sp³-hybridized carbons (Fsp3) is 0.200. The van der Waals surface area contributed by atoms with Gasteiger partial charge in [-0.1, -0.05) is 30.3 Å². The van der Waals surface area contributed by atoms with E-state index in [1.807, 2.05) is 47.4 Å². The largest absolute Gasteiger partial charge is 0.458 e. The molecule has 0 N–H and O–H groups in total. The van der Waals surface area contributed by atoms with E-state index in [0.29, 0.717) is 33.4 Å². The van der Waals surface area contributed by atoms with Crippen molar-refractivity contribution in [1.29, 1.82) is 0 Å². The third-order valence-electron chi connectivity index (χ3n) is 4.93. The molecule has 3 aromatic carbocycles. The number of halogens is 2. The molecule has 11 heteroatoms. The molecule has 0 fully saturated rings. The molecule has 3 aromatic rings. The van der Waals surface area contributed by atoms with Crippen LogP contribution in [0.15, 0.2) is 85.9 Å². The number of nitro benzene ring substituents is 1. The first kappa shape index (κ1) is 27.2. The van der Waals surface area contributed by atoms with Crippen LogP contribution in [0.5, 0.6) is 0 Å². The highest BCUT2D eigenvalue weighted by Crippen LogP contribution is 2.38. The van der Waals surface area contributed by atoms with Gasteiger partial charge in [0, 0.05) is 30.9 Å². The molecule has 0 saturated heterocycles. The maximum atomic E-state index is 12.0. The molecule has 36 heavy (non-hydrogen) atoms. The summed E-state index contributed by atoms with van der Waals surface area (Å²) < 4.78 is 5.86. The third-order valence-corrected chi connectivity index (χ3v) is 6.14. The SMILES string of the molecule is CC(=O)COC(=O)CCN(Cc1ccccc1)c1ccc(N=Nc2c(Br)cc([N+](=O)[O-])cc2Br)cc1. The maximum Gasteiger partial charge on any atom is 0.308 e. The van der Waals surface area contributed by atoms with Crippen molar-refractivity contribution in [2.24, 2.45) is 10.2 Å². The van der Waals surface area contributed by atoms with Gasteiger partial charge in [-0.05, 0) is 68.6 Å². The molecule has 0 amide bonds. The van der Waals surface area contributed by atoms with E-state index in [1.54, 1.807) is 12.1 Å². The maximum absolute atomic E-state index is 12.0. The first-order chi connectivity index (χ1) is 17.2. The minimum atomic E-state index is -0.487. The summed E-state index contributed by atoms with van der Waals surface area (Å²) in [6.07, 6.45) is 0.129. The third kappa shape index (κ3) is 8.06. The van der Waals surface area contributed by atoms with Crippen molar-refractivity contribution in [3.05, 3.63) is 91.4 Å². The standard InChI is InChI=1S/C25H22Br2N4O5/c1-17(32)16-36-24(33)11-12-30(15-18-5-3-2-4-6-18)20-9-7-19(8-10-20)28-29-25-22(26)13-21(31(34)35)14-23(25)27/h2-10,13-14H,11-12,15-16H2,1H3. The van der Waals surface area contributed by atoms with Crippen molar-refractivity contribution in [3.63, 3.8) is 0 Å². The average Bonchev–Trinajstić information content (AvgIpc) is 2.85. The van der Waals surface area contributed by atoms with Crippen LogP contribution < -0.4 is 4.90 Å². The predicted octanol–water partition coefficient (Wildman–Crippen LogP) is 7.06. The molecule has 186 valence electrons. The first-order valence-corrected chi connectivity index (χ1v) is 12.4. The number of hydrogen-bond donors (Lipinski definition) is 0. The van der Waals surface area contributed by atoms with Crippen LogP contribution in [-0.2, 0) is 20.9 Å². The number of azo groups is 1. The van der Waals surface area contributed by atoms with E-state index in [0.717, 1.165) is 11.3 Å². The Kier molecular flexibility index (Phi) is 9.83. The van der Waals surface area contributed by atoms with Gasteiger partial charge in [-0.2, -0.15) is 5.11 Å². The van der Waals surface area contributed by atoms with E-state index in [-0.39, 0.29) is 24.5 Å². The number of nitro groups is 1. The minimum absolute atomic E-state index is 0.0688. The quantitative estimate of drug-likeness (QED) is 0.0984. The van der Waals surface area contributed by atoms with Crippen LogP contribution in [-0.4, -0.2) is 29.8 Å². The summed E-state index contributed by atoms with van der Waals surface area (Å²) in [5.74, 6) is -0.644. The highest BCUT2D eigenvalue weighted by Gasteiger charge is 2.14. The lowest BCUT2D eigenvalue weighted by atomic mass is 10.2. The van der Waals surface area contributed by atoms with Crippen molar-refractivity contribution in [1.82, 2.24) is 0 Å². The molecule has 0 atom stereocenters. The van der Waals surface area contributed by atoms with Crippen molar-refractivity contribution in [3.8, 4) is 0 Å². The van der Waals surface area contributed by atoms with Crippen LogP contribution in [0.3, 0.4) is 0 Å². The molecule has 0 aliphatic carbocycles. The molecule has 0 heterocycles. The first-order valence-electron chi connectivity index (χ1n) is 10.8. The van der Waals surface area contributed by atoms with E-state index in [9.17, 15) is 19.7 Å². The van der Waals surface area contributed by atoms with E-state index in [1.165, 1.54) is 19.1 Å². The Morgan fingerprint density at radius 3 is 2.22 bits per heavy atom. The zero-order chi connectivity index (χ0) is 26.1. The lowest BCUT2D eigenvalue weighted by Crippen LogP contribution is -2.26. The van der Waals surface area contributed by atoms with Crippen LogP contribution in [0, 0.1) is 10.1 Å². The zero-order valence-electron chi connectivity index (χ0n) is 19.3. The molecule has 0 saturated carbocycles. The average molecular weight is 618 g/mol. The molecule has 0 aliphatic heterocycles. The number of non-ortho nitro benzene ring substituents is 1. The van der Waals surface area contributed by atoms with Crippen LogP contribution in [0.2, 0.25) is 0 Å². The van der Waals surface area contributed by atoms with Gasteiger partial charge in [0.1, 0.15) is 12.3 Å². The van der Waals surface area contributed by atoms with E-state index in [4.69, 9.17) is 4.74 Å². The smallest absolute Gasteiger partial charge is 0.308 e. The number of rotatable bonds is 11. The Morgan fingerprint density at radius 1 is 1.00 bits per heavy atom. The summed E-state index contributed by atoms with van der Waals surface area (Å²) in [4.78, 5) is 35.7. The molecule has 0 spiro atoms. The Balaban J connectivity index is 1.75. The molecule has 0 aliphatic rings. The van der Waals surface area contributed by atoms with Crippen molar-refractivity contribution < 1.29 is 19.2 Å². The Hall–Kier alpha value is -3.44. The fourth-order valence-electron chi connectivity index (χ4n) is 3.17. The number of anilines is 1. The number of benzene rings is 3. The number of ketones is 1. The van der Waals surface area contributed by atoms with E-state index >= 15 is 0 Å². The highest BCUT2D eigenvalue weighted by molar-refractivity contribution is 9.11. The monoisotopic (exact) mass is 616 g/mol. The Labute approximate surface area is 224 Å². The highest BCUT2D eigenvalue weighted by atomic mass is 79.9. The van der Waals surface area contributed by atoms with Gasteiger partial charge in [-0.15, -0.1) is 5.11 Å². The molecular weight excluding hydrogens is 596 g/mol. The normalized spacial score (nSPS) is 10.9. The van der Waals surface area contributed by atoms with E-state index in [2.05, 4.69) is 42.1 Å². The van der Waals surface area contributed by atoms with Gasteiger partial charge in [-0.25, -0.2) is 0 Å². The van der Waals surface area contributed by atoms with Crippen LogP contribution in [0.25, 0.3) is 0 Å². The second-order valence-electron chi connectivity index (χ2n) is 7.75. The van der Waals surface area contributed by atoms with Crippen molar-refractivity contribution in [2.75, 3.05) is 18.1 Å². The van der Waals surface area contributed by atoms with Crippen molar-refractivity contribution >= 4 is 66.4 Å². The summed E-state index contributed by atoms with van der Waals surface area (Å²) in [6, 6.07) is 19.9. The summed E-state index contributed by atoms with van der Waals surface area (Å²) in [7, 11) is 0. The number of hydrogen-bond acceptors (Lipinski definition) is 8. The van der Waals surface area contributed by atoms with Gasteiger partial charge in [0.25, 0.3) is 5.69 Å². The van der Waals surface area contributed by atoms with Gasteiger partial charge in [0.15, 0.2) is 5.78 Å². The summed E-state index contributed by atoms with van der Waals surface area (Å²) in [5, 5.41) is 19.5. The van der Waals surface area contributed by atoms with Gasteiger partial charge in [-0.3, -0.25) is 19.7 Å². The van der Waals surface area contributed by atoms with Crippen LogP contribution in [0.4, 0.5) is 22.7 Å². The number of ether oxygens (including phenoxy) is 1. The van der Waals surface area contributed by atoms with Crippen LogP contribution >= 0.6 is 31.9 Å².